The minimum absolute atomic E-state index is 0.436. The number of benzene rings is 10. The van der Waals surface area contributed by atoms with Crippen molar-refractivity contribution < 1.29 is 0 Å². The molecule has 5 fully saturated rings. The molecule has 10 aliphatic rings. The van der Waals surface area contributed by atoms with E-state index in [0.717, 1.165) is 35.0 Å². The summed E-state index contributed by atoms with van der Waals surface area (Å²) in [5.74, 6) is 6.40. The van der Waals surface area contributed by atoms with Crippen LogP contribution in [0.3, 0.4) is 0 Å². The summed E-state index contributed by atoms with van der Waals surface area (Å²) in [7, 11) is 0. The van der Waals surface area contributed by atoms with Gasteiger partial charge in [-0.25, -0.2) is 0 Å². The molecule has 10 aromatic carbocycles. The molecule has 1 aromatic heterocycles. The van der Waals surface area contributed by atoms with Crippen LogP contribution >= 0.6 is 0 Å². The van der Waals surface area contributed by atoms with Gasteiger partial charge in [-0.05, 0) is 255 Å². The van der Waals surface area contributed by atoms with Crippen molar-refractivity contribution in [2.24, 2.45) is 29.1 Å². The fourth-order valence-electron chi connectivity index (χ4n) is 20.7. The Balaban J connectivity index is 0.809. The zero-order valence-electron chi connectivity index (χ0n) is 46.4. The molecule has 21 rings (SSSR count). The molecule has 11 aromatic rings. The van der Waals surface area contributed by atoms with E-state index < -0.39 is 5.41 Å². The summed E-state index contributed by atoms with van der Waals surface area (Å²) < 4.78 is 2.43. The Bertz CT molecular complexity index is 4510. The van der Waals surface area contributed by atoms with Crippen LogP contribution in [0.1, 0.15) is 132 Å². The van der Waals surface area contributed by atoms with Gasteiger partial charge in [-0.15, -0.1) is 0 Å². The lowest BCUT2D eigenvalue weighted by Crippen LogP contribution is -2.41. The Morgan fingerprint density at radius 3 is 1.61 bits per heavy atom. The summed E-state index contributed by atoms with van der Waals surface area (Å²) in [6.45, 7) is 0. The van der Waals surface area contributed by atoms with E-state index >= 15 is 0 Å². The summed E-state index contributed by atoms with van der Waals surface area (Å²) in [5, 5.41) is 2.56. The average Bonchev–Trinajstić information content (AvgIpc) is 3.48. The molecule has 0 aliphatic heterocycles. The SMILES string of the molecule is c1ccc(-c2ccc(N(c3ccc(-c4cccc5c4c4ccccc4n5-c4ccccc4)cc3)c3cccc4c3-c3ccccc3C43c4cc5c(cc4-c4cc6c(cc43)C3CC4CC7CC6CC74C3)C3CC4CC(C3)CC5C4)cc2)cc1. The van der Waals surface area contributed by atoms with Gasteiger partial charge in [0.2, 0.25) is 0 Å². The maximum absolute atomic E-state index is 2.88. The predicted octanol–water partition coefficient (Wildman–Crippen LogP) is 20.7. The van der Waals surface area contributed by atoms with Gasteiger partial charge < -0.3 is 9.47 Å². The highest BCUT2D eigenvalue weighted by Gasteiger charge is 2.66. The van der Waals surface area contributed by atoms with Crippen molar-refractivity contribution in [1.29, 1.82) is 0 Å². The lowest BCUT2D eigenvalue weighted by Gasteiger charge is -2.48. The van der Waals surface area contributed by atoms with Crippen molar-refractivity contribution in [2.75, 3.05) is 4.90 Å². The van der Waals surface area contributed by atoms with Gasteiger partial charge in [-0.3, -0.25) is 0 Å². The predicted molar refractivity (Wildman–Crippen MR) is 336 cm³/mol. The molecule has 0 amide bonds. The summed E-state index contributed by atoms with van der Waals surface area (Å²) >= 11 is 0. The van der Waals surface area contributed by atoms with Crippen LogP contribution in [0.25, 0.3) is 72.0 Å². The number of nitrogens with zero attached hydrogens (tertiary/aromatic N) is 2. The second-order valence-corrected chi connectivity index (χ2v) is 27.2. The van der Waals surface area contributed by atoms with E-state index in [1.54, 1.807) is 44.5 Å². The Morgan fingerprint density at radius 1 is 0.366 bits per heavy atom. The van der Waals surface area contributed by atoms with E-state index in [4.69, 9.17) is 0 Å². The molecule has 82 heavy (non-hydrogen) atoms. The third kappa shape index (κ3) is 5.86. The second kappa shape index (κ2) is 16.3. The molecule has 0 saturated heterocycles. The second-order valence-electron chi connectivity index (χ2n) is 27.2. The van der Waals surface area contributed by atoms with E-state index in [1.165, 1.54) is 142 Å². The van der Waals surface area contributed by atoms with Crippen LogP contribution in [0.4, 0.5) is 17.1 Å². The van der Waals surface area contributed by atoms with Gasteiger partial charge in [0, 0.05) is 33.4 Å². The maximum atomic E-state index is 2.88. The monoisotopic (exact) mass is 1050 g/mol. The molecule has 0 N–H and O–H groups in total. The molecule has 8 unspecified atom stereocenters. The molecule has 394 valence electrons. The average molecular weight is 1050 g/mol. The third-order valence-electron chi connectivity index (χ3n) is 23.7. The van der Waals surface area contributed by atoms with Crippen LogP contribution in [-0.2, 0) is 5.41 Å². The number of rotatable bonds is 6. The molecule has 2 heteroatoms. The molecule has 2 nitrogen and oxygen atoms in total. The van der Waals surface area contributed by atoms with Crippen LogP contribution in [-0.4, -0.2) is 4.57 Å². The van der Waals surface area contributed by atoms with Crippen molar-refractivity contribution in [3.8, 4) is 50.2 Å². The molecule has 1 heterocycles. The van der Waals surface area contributed by atoms with E-state index in [9.17, 15) is 0 Å². The Kier molecular flexibility index (Phi) is 9.02. The first-order valence-electron chi connectivity index (χ1n) is 31.3. The number of aromatic nitrogens is 1. The molecule has 5 saturated carbocycles. The Labute approximate surface area is 481 Å². The number of hydrogen-bond donors (Lipinski definition) is 0. The van der Waals surface area contributed by atoms with E-state index in [-0.39, 0.29) is 0 Å². The zero-order chi connectivity index (χ0) is 53.2. The number of fused-ring (bicyclic) bond motifs is 18. The van der Waals surface area contributed by atoms with Crippen LogP contribution in [0.15, 0.2) is 218 Å². The van der Waals surface area contributed by atoms with Gasteiger partial charge in [0.1, 0.15) is 0 Å². The fourth-order valence-corrected chi connectivity index (χ4v) is 20.7. The van der Waals surface area contributed by atoms with Gasteiger partial charge in [0.05, 0.1) is 22.1 Å². The van der Waals surface area contributed by atoms with Gasteiger partial charge in [0.25, 0.3) is 0 Å². The highest BCUT2D eigenvalue weighted by Crippen LogP contribution is 2.77. The summed E-state index contributed by atoms with van der Waals surface area (Å²) in [5.41, 5.74) is 31.0. The van der Waals surface area contributed by atoms with E-state index in [0.29, 0.717) is 29.1 Å². The third-order valence-corrected chi connectivity index (χ3v) is 23.7. The van der Waals surface area contributed by atoms with Crippen LogP contribution in [0, 0.1) is 29.1 Å². The van der Waals surface area contributed by atoms with Crippen molar-refractivity contribution in [1.82, 2.24) is 4.57 Å². The van der Waals surface area contributed by atoms with Crippen molar-refractivity contribution in [3.05, 3.63) is 263 Å². The summed E-state index contributed by atoms with van der Waals surface area (Å²) in [6.07, 6.45) is 14.1. The Hall–Kier alpha value is -8.20. The lowest BCUT2D eigenvalue weighted by atomic mass is 9.56. The van der Waals surface area contributed by atoms with Crippen molar-refractivity contribution in [3.63, 3.8) is 0 Å². The van der Waals surface area contributed by atoms with Crippen LogP contribution in [0.2, 0.25) is 0 Å². The number of hydrogen-bond acceptors (Lipinski definition) is 1. The number of anilines is 3. The molecule has 10 aliphatic carbocycles. The van der Waals surface area contributed by atoms with Gasteiger partial charge >= 0.3 is 0 Å². The van der Waals surface area contributed by atoms with Gasteiger partial charge in [0.15, 0.2) is 0 Å². The quantitative estimate of drug-likeness (QED) is 0.161. The van der Waals surface area contributed by atoms with E-state index in [2.05, 4.69) is 228 Å². The maximum Gasteiger partial charge on any atom is 0.0726 e. The lowest BCUT2D eigenvalue weighted by molar-refractivity contribution is 0.00322. The zero-order valence-corrected chi connectivity index (χ0v) is 46.4. The largest absolute Gasteiger partial charge is 0.310 e. The molecular weight excluding hydrogens is 989 g/mol. The minimum Gasteiger partial charge on any atom is -0.310 e. The first-order valence-corrected chi connectivity index (χ1v) is 31.3. The normalized spacial score (nSPS) is 27.4. The molecule has 8 atom stereocenters. The van der Waals surface area contributed by atoms with E-state index in [1.807, 2.05) is 0 Å². The van der Waals surface area contributed by atoms with Gasteiger partial charge in [-0.2, -0.15) is 0 Å². The van der Waals surface area contributed by atoms with Crippen LogP contribution in [0.5, 0.6) is 0 Å². The van der Waals surface area contributed by atoms with Crippen LogP contribution < -0.4 is 4.90 Å². The molecular formula is C80H64N2. The minimum atomic E-state index is -0.436. The molecule has 0 radical (unpaired) electrons. The van der Waals surface area contributed by atoms with Crippen molar-refractivity contribution in [2.45, 2.75) is 93.3 Å². The molecule has 7 bridgehead atoms. The molecule has 2 spiro atoms. The standard InChI is InChI=1S/C80H64N2/c1-3-13-49(14-4-1)50-25-29-59(30-26-50)81(60-31-27-51(28-32-60)61-19-11-23-75-77(61)63-18-8-10-22-74(63)82(75)58-15-5-2-6-16-58)76-24-12-21-71-78(76)62-17-7-9-20-70(62)80(71)72-43-66-53-36-47-33-48(37-53)35-52(34-47)64(66)41-68(72)69-42-65-54-38-56-40-57-39-55(46-79(56,57)45-54)67(65)44-73(69)80/h1-32,41-44,47-48,52-57H,33-40,45-46H2. The topological polar surface area (TPSA) is 8.17 Å². The first-order chi connectivity index (χ1) is 40.6. The number of para-hydroxylation sites is 2. The highest BCUT2D eigenvalue weighted by atomic mass is 15.1. The summed E-state index contributed by atoms with van der Waals surface area (Å²) in [4.78, 5) is 2.59. The first kappa shape index (κ1) is 45.4. The van der Waals surface area contributed by atoms with Gasteiger partial charge in [-0.1, -0.05) is 164 Å². The highest BCUT2D eigenvalue weighted by molar-refractivity contribution is 6.16. The fraction of sp³-hybridized carbons (Fsp3) is 0.250. The smallest absolute Gasteiger partial charge is 0.0726 e. The van der Waals surface area contributed by atoms with Crippen molar-refractivity contribution >= 4 is 38.9 Å². The summed E-state index contributed by atoms with van der Waals surface area (Å²) in [6, 6.07) is 85.0. The Morgan fingerprint density at radius 2 is 0.902 bits per heavy atom.